The topological polar surface area (TPSA) is 75.9 Å². The van der Waals surface area contributed by atoms with Gasteiger partial charge in [-0.05, 0) is 12.1 Å². The molecule has 1 aliphatic rings. The van der Waals surface area contributed by atoms with Crippen molar-refractivity contribution in [3.63, 3.8) is 0 Å². The quantitative estimate of drug-likeness (QED) is 0.851. The van der Waals surface area contributed by atoms with Gasteiger partial charge in [-0.3, -0.25) is 9.59 Å². The van der Waals surface area contributed by atoms with E-state index in [4.69, 9.17) is 22.1 Å². The first kappa shape index (κ1) is 20.6. The highest BCUT2D eigenvalue weighted by molar-refractivity contribution is 6.33. The second-order valence-electron chi connectivity index (χ2n) is 5.28. The third-order valence-electron chi connectivity index (χ3n) is 3.72. The molecule has 2 rings (SSSR count). The first-order valence-electron chi connectivity index (χ1n) is 7.22. The molecule has 24 heavy (non-hydrogen) atoms. The summed E-state index contributed by atoms with van der Waals surface area (Å²) in [7, 11) is 1.47. The van der Waals surface area contributed by atoms with Crippen LogP contribution in [0.3, 0.4) is 0 Å². The van der Waals surface area contributed by atoms with E-state index >= 15 is 0 Å². The minimum absolute atomic E-state index is 0. The van der Waals surface area contributed by atoms with E-state index in [9.17, 15) is 14.0 Å². The SMILES string of the molecule is COCC(N)C(=O)N1CCN(C(=O)c2c(F)cccc2Cl)CC1.Cl. The molecule has 1 unspecified atom stereocenters. The molecule has 2 amide bonds. The lowest BCUT2D eigenvalue weighted by Gasteiger charge is -2.36. The van der Waals surface area contributed by atoms with Gasteiger partial charge in [0.25, 0.3) is 5.91 Å². The maximum Gasteiger partial charge on any atom is 0.258 e. The summed E-state index contributed by atoms with van der Waals surface area (Å²) in [5.74, 6) is -1.34. The smallest absolute Gasteiger partial charge is 0.258 e. The summed E-state index contributed by atoms with van der Waals surface area (Å²) in [4.78, 5) is 27.5. The summed E-state index contributed by atoms with van der Waals surface area (Å²) in [6.45, 7) is 1.43. The van der Waals surface area contributed by atoms with Crippen molar-refractivity contribution in [2.75, 3.05) is 39.9 Å². The number of halogens is 3. The molecular formula is C15H20Cl2FN3O3. The fourth-order valence-electron chi connectivity index (χ4n) is 2.48. The third-order valence-corrected chi connectivity index (χ3v) is 4.03. The number of methoxy groups -OCH3 is 1. The number of ether oxygens (including phenoxy) is 1. The van der Waals surface area contributed by atoms with Crippen molar-refractivity contribution in [3.8, 4) is 0 Å². The highest BCUT2D eigenvalue weighted by Gasteiger charge is 2.29. The van der Waals surface area contributed by atoms with Gasteiger partial charge in [-0.15, -0.1) is 12.4 Å². The Morgan fingerprint density at radius 1 is 1.29 bits per heavy atom. The fourth-order valence-corrected chi connectivity index (χ4v) is 2.72. The van der Waals surface area contributed by atoms with E-state index in [1.54, 1.807) is 4.90 Å². The van der Waals surface area contributed by atoms with Gasteiger partial charge < -0.3 is 20.3 Å². The van der Waals surface area contributed by atoms with Gasteiger partial charge in [0, 0.05) is 33.3 Å². The van der Waals surface area contributed by atoms with Crippen LogP contribution in [0.25, 0.3) is 0 Å². The van der Waals surface area contributed by atoms with Gasteiger partial charge in [0.05, 0.1) is 17.2 Å². The molecule has 0 radical (unpaired) electrons. The van der Waals surface area contributed by atoms with Crippen molar-refractivity contribution in [3.05, 3.63) is 34.6 Å². The van der Waals surface area contributed by atoms with Crippen molar-refractivity contribution < 1.29 is 18.7 Å². The minimum Gasteiger partial charge on any atom is -0.383 e. The number of amides is 2. The zero-order valence-electron chi connectivity index (χ0n) is 13.2. The minimum atomic E-state index is -0.719. The van der Waals surface area contributed by atoms with Crippen LogP contribution in [-0.2, 0) is 9.53 Å². The molecule has 1 atom stereocenters. The Labute approximate surface area is 151 Å². The number of carbonyl (C=O) groups excluding carboxylic acids is 2. The zero-order valence-corrected chi connectivity index (χ0v) is 14.8. The predicted octanol–water partition coefficient (Wildman–Crippen LogP) is 1.16. The van der Waals surface area contributed by atoms with Gasteiger partial charge in [-0.2, -0.15) is 0 Å². The molecule has 0 bridgehead atoms. The van der Waals surface area contributed by atoms with Crippen LogP contribution in [0.1, 0.15) is 10.4 Å². The van der Waals surface area contributed by atoms with Crippen molar-refractivity contribution in [2.24, 2.45) is 5.73 Å². The molecule has 0 aliphatic carbocycles. The summed E-state index contributed by atoms with van der Waals surface area (Å²) in [5, 5.41) is 0.0793. The number of rotatable bonds is 4. The second-order valence-corrected chi connectivity index (χ2v) is 5.68. The number of carbonyl (C=O) groups is 2. The first-order chi connectivity index (χ1) is 11.0. The van der Waals surface area contributed by atoms with Crippen LogP contribution in [0.2, 0.25) is 5.02 Å². The van der Waals surface area contributed by atoms with Gasteiger partial charge in [-0.25, -0.2) is 4.39 Å². The molecular weight excluding hydrogens is 360 g/mol. The molecule has 6 nitrogen and oxygen atoms in total. The van der Waals surface area contributed by atoms with Crippen molar-refractivity contribution in [1.82, 2.24) is 9.80 Å². The van der Waals surface area contributed by atoms with E-state index in [1.807, 2.05) is 0 Å². The zero-order chi connectivity index (χ0) is 17.0. The molecule has 2 N–H and O–H groups in total. The normalized spacial score (nSPS) is 15.7. The number of hydrogen-bond donors (Lipinski definition) is 1. The molecule has 0 aromatic heterocycles. The van der Waals surface area contributed by atoms with Crippen LogP contribution in [-0.4, -0.2) is 67.6 Å². The maximum absolute atomic E-state index is 13.8. The average molecular weight is 380 g/mol. The van der Waals surface area contributed by atoms with Crippen LogP contribution in [0.15, 0.2) is 18.2 Å². The Morgan fingerprint density at radius 3 is 2.42 bits per heavy atom. The summed E-state index contributed by atoms with van der Waals surface area (Å²) in [6, 6.07) is 3.40. The van der Waals surface area contributed by atoms with E-state index in [0.717, 1.165) is 0 Å². The predicted molar refractivity (Wildman–Crippen MR) is 91.0 cm³/mol. The molecule has 134 valence electrons. The average Bonchev–Trinajstić information content (AvgIpc) is 2.54. The Hall–Kier alpha value is -1.41. The Bertz CT molecular complexity index is 575. The highest BCUT2D eigenvalue weighted by Crippen LogP contribution is 2.21. The lowest BCUT2D eigenvalue weighted by atomic mass is 10.1. The maximum atomic E-state index is 13.8. The molecule has 1 saturated heterocycles. The van der Waals surface area contributed by atoms with Crippen LogP contribution in [0, 0.1) is 5.82 Å². The molecule has 0 saturated carbocycles. The molecule has 1 aromatic carbocycles. The molecule has 1 aromatic rings. The largest absolute Gasteiger partial charge is 0.383 e. The van der Waals surface area contributed by atoms with Gasteiger partial charge in [0.1, 0.15) is 11.9 Å². The fraction of sp³-hybridized carbons (Fsp3) is 0.467. The van der Waals surface area contributed by atoms with E-state index in [-0.39, 0.29) is 35.5 Å². The van der Waals surface area contributed by atoms with Crippen LogP contribution < -0.4 is 5.73 Å². The molecule has 0 spiro atoms. The summed E-state index contributed by atoms with van der Waals surface area (Å²) < 4.78 is 18.7. The van der Waals surface area contributed by atoms with E-state index in [0.29, 0.717) is 26.2 Å². The standard InChI is InChI=1S/C15H19ClFN3O3.ClH/c1-23-9-12(18)14(21)19-5-7-20(8-6-19)15(22)13-10(16)3-2-4-11(13)17;/h2-4,12H,5-9,18H2,1H3;1H. The number of nitrogens with two attached hydrogens (primary N) is 1. The lowest BCUT2D eigenvalue weighted by molar-refractivity contribution is -0.135. The summed E-state index contributed by atoms with van der Waals surface area (Å²) in [6.07, 6.45) is 0. The summed E-state index contributed by atoms with van der Waals surface area (Å²) >= 11 is 5.92. The van der Waals surface area contributed by atoms with Crippen LogP contribution in [0.5, 0.6) is 0 Å². The Balaban J connectivity index is 0.00000288. The van der Waals surface area contributed by atoms with E-state index in [1.165, 1.54) is 30.2 Å². The second kappa shape index (κ2) is 9.17. The Kier molecular flexibility index (Phi) is 7.89. The molecule has 1 heterocycles. The highest BCUT2D eigenvalue weighted by atomic mass is 35.5. The molecule has 1 fully saturated rings. The number of piperazine rings is 1. The first-order valence-corrected chi connectivity index (χ1v) is 7.60. The lowest BCUT2D eigenvalue weighted by Crippen LogP contribution is -2.55. The van der Waals surface area contributed by atoms with Crippen molar-refractivity contribution >= 4 is 35.8 Å². The van der Waals surface area contributed by atoms with Crippen molar-refractivity contribution in [1.29, 1.82) is 0 Å². The number of benzene rings is 1. The molecule has 9 heteroatoms. The van der Waals surface area contributed by atoms with E-state index < -0.39 is 17.8 Å². The van der Waals surface area contributed by atoms with Crippen LogP contribution >= 0.6 is 24.0 Å². The Morgan fingerprint density at radius 2 is 1.88 bits per heavy atom. The van der Waals surface area contributed by atoms with Gasteiger partial charge >= 0.3 is 0 Å². The summed E-state index contributed by atoms with van der Waals surface area (Å²) in [5.41, 5.74) is 5.59. The van der Waals surface area contributed by atoms with Gasteiger partial charge in [-0.1, -0.05) is 17.7 Å². The van der Waals surface area contributed by atoms with E-state index in [2.05, 4.69) is 0 Å². The molecule has 1 aliphatic heterocycles. The third kappa shape index (κ3) is 4.57. The monoisotopic (exact) mass is 379 g/mol. The van der Waals surface area contributed by atoms with Crippen molar-refractivity contribution in [2.45, 2.75) is 6.04 Å². The van der Waals surface area contributed by atoms with Gasteiger partial charge in [0.15, 0.2) is 0 Å². The number of hydrogen-bond acceptors (Lipinski definition) is 4. The van der Waals surface area contributed by atoms with Gasteiger partial charge in [0.2, 0.25) is 5.91 Å². The number of nitrogens with zero attached hydrogens (tertiary/aromatic N) is 2. The van der Waals surface area contributed by atoms with Crippen LogP contribution in [0.4, 0.5) is 4.39 Å².